The van der Waals surface area contributed by atoms with E-state index in [-0.39, 0.29) is 6.42 Å². The lowest BCUT2D eigenvalue weighted by atomic mass is 10.2. The second-order valence-electron chi connectivity index (χ2n) is 5.48. The van der Waals surface area contributed by atoms with Crippen molar-refractivity contribution in [3.8, 4) is 5.75 Å². The van der Waals surface area contributed by atoms with Gasteiger partial charge in [0.25, 0.3) is 5.91 Å². The summed E-state index contributed by atoms with van der Waals surface area (Å²) in [7, 11) is 0. The quantitative estimate of drug-likeness (QED) is 0.588. The van der Waals surface area contributed by atoms with Gasteiger partial charge in [-0.2, -0.15) is 0 Å². The van der Waals surface area contributed by atoms with Gasteiger partial charge in [-0.15, -0.1) is 0 Å². The summed E-state index contributed by atoms with van der Waals surface area (Å²) in [4.78, 5) is 23.2. The highest BCUT2D eigenvalue weighted by atomic mass is 19.1. The molecule has 0 heterocycles. The Morgan fingerprint density at radius 1 is 1.12 bits per heavy atom. The molecule has 132 valence electrons. The number of hydrogen-bond donors (Lipinski definition) is 1. The molecule has 0 atom stereocenters. The number of nitrogens with one attached hydrogen (secondary N) is 1. The molecule has 5 nitrogen and oxygen atoms in total. The Bertz CT molecular complexity index is 716. The minimum atomic E-state index is -0.519. The Morgan fingerprint density at radius 3 is 2.60 bits per heavy atom. The molecule has 0 aliphatic heterocycles. The Labute approximate surface area is 145 Å². The fourth-order valence-electron chi connectivity index (χ4n) is 2.02. The zero-order valence-corrected chi connectivity index (χ0v) is 14.0. The first-order valence-corrected chi connectivity index (χ1v) is 7.93. The van der Waals surface area contributed by atoms with E-state index in [4.69, 9.17) is 9.47 Å². The molecule has 0 saturated carbocycles. The normalized spacial score (nSPS) is 10.2. The van der Waals surface area contributed by atoms with Crippen LogP contribution in [-0.2, 0) is 14.3 Å². The van der Waals surface area contributed by atoms with Crippen molar-refractivity contribution in [1.82, 2.24) is 0 Å². The Kier molecular flexibility index (Phi) is 6.95. The summed E-state index contributed by atoms with van der Waals surface area (Å²) in [6, 6.07) is 13.1. The van der Waals surface area contributed by atoms with Gasteiger partial charge in [0.1, 0.15) is 11.6 Å². The predicted molar refractivity (Wildman–Crippen MR) is 91.9 cm³/mol. The van der Waals surface area contributed by atoms with Gasteiger partial charge in [-0.05, 0) is 43.7 Å². The standard InChI is InChI=1S/C19H20FNO4/c1-14-7-9-17(10-8-14)24-11-3-6-19(23)25-13-18(22)21-16-5-2-4-15(20)12-16/h2,4-5,7-10,12H,3,6,11,13H2,1H3,(H,21,22). The third-order valence-electron chi connectivity index (χ3n) is 3.29. The number of aryl methyl sites for hydroxylation is 1. The third-order valence-corrected chi connectivity index (χ3v) is 3.29. The first-order chi connectivity index (χ1) is 12.0. The van der Waals surface area contributed by atoms with Gasteiger partial charge in [0.2, 0.25) is 0 Å². The van der Waals surface area contributed by atoms with E-state index in [1.165, 1.54) is 18.2 Å². The van der Waals surface area contributed by atoms with E-state index in [1.807, 2.05) is 31.2 Å². The number of carbonyl (C=O) groups excluding carboxylic acids is 2. The zero-order chi connectivity index (χ0) is 18.1. The molecule has 0 aliphatic rings. The molecule has 0 unspecified atom stereocenters. The minimum Gasteiger partial charge on any atom is -0.494 e. The number of benzene rings is 2. The summed E-state index contributed by atoms with van der Waals surface area (Å²) in [6.45, 7) is 1.96. The van der Waals surface area contributed by atoms with Crippen LogP contribution in [0.15, 0.2) is 48.5 Å². The van der Waals surface area contributed by atoms with Crippen molar-refractivity contribution in [1.29, 1.82) is 0 Å². The topological polar surface area (TPSA) is 64.6 Å². The monoisotopic (exact) mass is 345 g/mol. The highest BCUT2D eigenvalue weighted by molar-refractivity contribution is 5.92. The van der Waals surface area contributed by atoms with Crippen LogP contribution in [0.4, 0.5) is 10.1 Å². The maximum absolute atomic E-state index is 13.0. The fourth-order valence-corrected chi connectivity index (χ4v) is 2.02. The molecule has 25 heavy (non-hydrogen) atoms. The molecule has 0 spiro atoms. The molecule has 2 aromatic rings. The van der Waals surface area contributed by atoms with Crippen molar-refractivity contribution in [3.63, 3.8) is 0 Å². The van der Waals surface area contributed by atoms with Gasteiger partial charge in [0.15, 0.2) is 6.61 Å². The number of halogens is 1. The molecule has 1 amide bonds. The first kappa shape index (κ1) is 18.4. The smallest absolute Gasteiger partial charge is 0.306 e. The van der Waals surface area contributed by atoms with Crippen LogP contribution in [0.25, 0.3) is 0 Å². The minimum absolute atomic E-state index is 0.152. The molecule has 0 fully saturated rings. The highest BCUT2D eigenvalue weighted by Gasteiger charge is 2.08. The summed E-state index contributed by atoms with van der Waals surface area (Å²) in [5.74, 6) is -0.714. The van der Waals surface area contributed by atoms with Crippen LogP contribution in [-0.4, -0.2) is 25.1 Å². The largest absolute Gasteiger partial charge is 0.494 e. The molecule has 2 rings (SSSR count). The van der Waals surface area contributed by atoms with E-state index < -0.39 is 24.3 Å². The Morgan fingerprint density at radius 2 is 1.88 bits per heavy atom. The number of esters is 1. The van der Waals surface area contributed by atoms with Gasteiger partial charge in [0.05, 0.1) is 6.61 Å². The van der Waals surface area contributed by atoms with Crippen LogP contribution < -0.4 is 10.1 Å². The first-order valence-electron chi connectivity index (χ1n) is 7.93. The van der Waals surface area contributed by atoms with Crippen molar-refractivity contribution in [2.45, 2.75) is 19.8 Å². The second-order valence-corrected chi connectivity index (χ2v) is 5.48. The SMILES string of the molecule is Cc1ccc(OCCCC(=O)OCC(=O)Nc2cccc(F)c2)cc1. The molecular weight excluding hydrogens is 325 g/mol. The molecule has 6 heteroatoms. The maximum Gasteiger partial charge on any atom is 0.306 e. The van der Waals surface area contributed by atoms with Gasteiger partial charge >= 0.3 is 5.97 Å². The molecule has 0 bridgehead atoms. The van der Waals surface area contributed by atoms with Gasteiger partial charge in [-0.25, -0.2) is 4.39 Å². The van der Waals surface area contributed by atoms with Crippen molar-refractivity contribution in [3.05, 3.63) is 59.9 Å². The van der Waals surface area contributed by atoms with E-state index in [0.717, 1.165) is 11.3 Å². The van der Waals surface area contributed by atoms with Gasteiger partial charge in [-0.1, -0.05) is 23.8 Å². The zero-order valence-electron chi connectivity index (χ0n) is 14.0. The molecule has 0 saturated heterocycles. The molecule has 1 N–H and O–H groups in total. The van der Waals surface area contributed by atoms with Crippen molar-refractivity contribution in [2.75, 3.05) is 18.5 Å². The number of ether oxygens (including phenoxy) is 2. The van der Waals surface area contributed by atoms with Crippen LogP contribution in [0.5, 0.6) is 5.75 Å². The van der Waals surface area contributed by atoms with Crippen molar-refractivity contribution >= 4 is 17.6 Å². The van der Waals surface area contributed by atoms with Crippen molar-refractivity contribution < 1.29 is 23.5 Å². The lowest BCUT2D eigenvalue weighted by Crippen LogP contribution is -2.21. The number of hydrogen-bond acceptors (Lipinski definition) is 4. The summed E-state index contributed by atoms with van der Waals surface area (Å²) >= 11 is 0. The van der Waals surface area contributed by atoms with E-state index in [9.17, 15) is 14.0 Å². The van der Waals surface area contributed by atoms with Gasteiger partial charge in [-0.3, -0.25) is 9.59 Å². The third kappa shape index (κ3) is 7.03. The van der Waals surface area contributed by atoms with E-state index in [1.54, 1.807) is 6.07 Å². The second kappa shape index (κ2) is 9.42. The van der Waals surface area contributed by atoms with E-state index in [2.05, 4.69) is 5.32 Å². The highest BCUT2D eigenvalue weighted by Crippen LogP contribution is 2.12. The van der Waals surface area contributed by atoms with Crippen LogP contribution in [0.2, 0.25) is 0 Å². The fraction of sp³-hybridized carbons (Fsp3) is 0.263. The summed E-state index contributed by atoms with van der Waals surface area (Å²) in [5.41, 5.74) is 1.46. The van der Waals surface area contributed by atoms with Gasteiger partial charge < -0.3 is 14.8 Å². The summed E-state index contributed by atoms with van der Waals surface area (Å²) in [6.07, 6.45) is 0.636. The lowest BCUT2D eigenvalue weighted by Gasteiger charge is -2.08. The predicted octanol–water partition coefficient (Wildman–Crippen LogP) is 3.48. The molecule has 2 aromatic carbocycles. The number of rotatable bonds is 8. The number of anilines is 1. The van der Waals surface area contributed by atoms with Gasteiger partial charge in [0, 0.05) is 12.1 Å². The lowest BCUT2D eigenvalue weighted by molar-refractivity contribution is -0.147. The molecule has 0 aliphatic carbocycles. The van der Waals surface area contributed by atoms with E-state index >= 15 is 0 Å². The van der Waals surface area contributed by atoms with Crippen LogP contribution >= 0.6 is 0 Å². The Balaban J connectivity index is 1.60. The summed E-state index contributed by atoms with van der Waals surface area (Å²) in [5, 5.41) is 2.45. The average Bonchev–Trinajstić information content (AvgIpc) is 2.58. The van der Waals surface area contributed by atoms with E-state index in [0.29, 0.717) is 18.7 Å². The summed E-state index contributed by atoms with van der Waals surface area (Å²) < 4.78 is 23.4. The molecular formula is C19H20FNO4. The van der Waals surface area contributed by atoms with Crippen LogP contribution in [0.1, 0.15) is 18.4 Å². The molecule has 0 aromatic heterocycles. The van der Waals surface area contributed by atoms with Crippen LogP contribution in [0, 0.1) is 12.7 Å². The van der Waals surface area contributed by atoms with Crippen LogP contribution in [0.3, 0.4) is 0 Å². The number of carbonyl (C=O) groups is 2. The molecule has 0 radical (unpaired) electrons. The number of amides is 1. The maximum atomic E-state index is 13.0. The average molecular weight is 345 g/mol. The van der Waals surface area contributed by atoms with Crippen molar-refractivity contribution in [2.24, 2.45) is 0 Å². The Hall–Kier alpha value is -2.89.